The molecule has 26 heavy (non-hydrogen) atoms. The number of nitrogens with zero attached hydrogens (tertiary/aromatic N) is 1. The highest BCUT2D eigenvalue weighted by atomic mass is 32.2. The maximum absolute atomic E-state index is 13.1. The van der Waals surface area contributed by atoms with E-state index in [-0.39, 0.29) is 12.3 Å². The molecule has 1 aliphatic rings. The standard InChI is InChI=1S/C17H15F3N2O3S/c1-25-16(24)12-8-26-15-14(10(7-21)6-13(23)22(12)15)9-3-2-4-11(5-9)17(18,19)20/h2-6,12H,7-8,21H2,1H3/t12-/m0/s1. The van der Waals surface area contributed by atoms with Crippen molar-refractivity contribution in [2.45, 2.75) is 23.8 Å². The van der Waals surface area contributed by atoms with Crippen molar-refractivity contribution in [1.29, 1.82) is 0 Å². The van der Waals surface area contributed by atoms with Gasteiger partial charge in [0.1, 0.15) is 6.04 Å². The molecule has 0 saturated heterocycles. The number of hydrogen-bond donors (Lipinski definition) is 1. The van der Waals surface area contributed by atoms with Gasteiger partial charge in [-0.1, -0.05) is 12.1 Å². The first-order valence-corrected chi connectivity index (χ1v) is 8.63. The molecule has 0 unspecified atom stereocenters. The molecule has 0 amide bonds. The van der Waals surface area contributed by atoms with Gasteiger partial charge in [-0.25, -0.2) is 4.79 Å². The summed E-state index contributed by atoms with van der Waals surface area (Å²) in [6, 6.07) is 5.28. The largest absolute Gasteiger partial charge is 0.467 e. The van der Waals surface area contributed by atoms with E-state index in [1.807, 2.05) is 0 Å². The molecule has 1 aliphatic heterocycles. The van der Waals surface area contributed by atoms with Gasteiger partial charge in [-0.05, 0) is 23.3 Å². The Hall–Kier alpha value is -2.26. The van der Waals surface area contributed by atoms with Crippen LogP contribution in [0.25, 0.3) is 11.1 Å². The van der Waals surface area contributed by atoms with Crippen LogP contribution in [0.15, 0.2) is 40.2 Å². The highest BCUT2D eigenvalue weighted by molar-refractivity contribution is 7.99. The molecule has 3 rings (SSSR count). The normalized spacial score (nSPS) is 16.4. The number of rotatable bonds is 3. The number of nitrogens with two attached hydrogens (primary N) is 1. The number of carbonyl (C=O) groups is 1. The van der Waals surface area contributed by atoms with Gasteiger partial charge in [0.25, 0.3) is 5.56 Å². The Bertz CT molecular complexity index is 924. The van der Waals surface area contributed by atoms with Crippen LogP contribution in [0.3, 0.4) is 0 Å². The number of thioether (sulfide) groups is 1. The lowest BCUT2D eigenvalue weighted by molar-refractivity contribution is -0.144. The number of ether oxygens (including phenoxy) is 1. The zero-order valence-electron chi connectivity index (χ0n) is 13.7. The highest BCUT2D eigenvalue weighted by Crippen LogP contribution is 2.42. The fourth-order valence-electron chi connectivity index (χ4n) is 2.95. The predicted octanol–water partition coefficient (Wildman–Crippen LogP) is 2.81. The number of methoxy groups -OCH3 is 1. The molecule has 0 fully saturated rings. The van der Waals surface area contributed by atoms with Crippen molar-refractivity contribution in [3.63, 3.8) is 0 Å². The molecule has 0 spiro atoms. The Morgan fingerprint density at radius 1 is 1.38 bits per heavy atom. The van der Waals surface area contributed by atoms with Gasteiger partial charge in [0.05, 0.1) is 17.7 Å². The monoisotopic (exact) mass is 384 g/mol. The molecule has 0 radical (unpaired) electrons. The van der Waals surface area contributed by atoms with E-state index in [9.17, 15) is 22.8 Å². The average molecular weight is 384 g/mol. The van der Waals surface area contributed by atoms with E-state index in [2.05, 4.69) is 0 Å². The summed E-state index contributed by atoms with van der Waals surface area (Å²) in [6.07, 6.45) is -4.49. The van der Waals surface area contributed by atoms with Gasteiger partial charge >= 0.3 is 12.1 Å². The maximum atomic E-state index is 13.1. The summed E-state index contributed by atoms with van der Waals surface area (Å²) in [6.45, 7) is -0.0158. The third-order valence-corrected chi connectivity index (χ3v) is 5.31. The Balaban J connectivity index is 2.25. The smallest absolute Gasteiger partial charge is 0.416 e. The molecule has 0 bridgehead atoms. The molecule has 9 heteroatoms. The van der Waals surface area contributed by atoms with Crippen LogP contribution in [0.4, 0.5) is 13.2 Å². The Kier molecular flexibility index (Phi) is 4.85. The van der Waals surface area contributed by atoms with E-state index in [1.165, 1.54) is 41.6 Å². The van der Waals surface area contributed by atoms with E-state index in [4.69, 9.17) is 10.5 Å². The summed E-state index contributed by atoms with van der Waals surface area (Å²) >= 11 is 1.22. The minimum atomic E-state index is -4.49. The van der Waals surface area contributed by atoms with Crippen LogP contribution in [-0.2, 0) is 22.3 Å². The van der Waals surface area contributed by atoms with Crippen molar-refractivity contribution in [2.24, 2.45) is 5.73 Å². The number of carbonyl (C=O) groups excluding carboxylic acids is 1. The van der Waals surface area contributed by atoms with Gasteiger partial charge in [-0.2, -0.15) is 13.2 Å². The third-order valence-electron chi connectivity index (χ3n) is 4.15. The molecule has 0 saturated carbocycles. The molecule has 2 N–H and O–H groups in total. The molecule has 1 aromatic carbocycles. The molecular formula is C17H15F3N2O3S. The van der Waals surface area contributed by atoms with Crippen LogP contribution >= 0.6 is 11.8 Å². The molecule has 2 heterocycles. The van der Waals surface area contributed by atoms with Crippen LogP contribution < -0.4 is 11.3 Å². The highest BCUT2D eigenvalue weighted by Gasteiger charge is 2.35. The summed E-state index contributed by atoms with van der Waals surface area (Å²) in [5.74, 6) is -0.309. The van der Waals surface area contributed by atoms with Crippen molar-refractivity contribution >= 4 is 17.7 Å². The first kappa shape index (κ1) is 18.5. The first-order chi connectivity index (χ1) is 12.3. The number of fused-ring (bicyclic) bond motifs is 1. The molecule has 0 aliphatic carbocycles. The lowest BCUT2D eigenvalue weighted by Crippen LogP contribution is -2.30. The second-order valence-corrected chi connectivity index (χ2v) is 6.70. The van der Waals surface area contributed by atoms with E-state index in [0.717, 1.165) is 12.1 Å². The number of hydrogen-bond acceptors (Lipinski definition) is 5. The lowest BCUT2D eigenvalue weighted by Gasteiger charge is -2.17. The SMILES string of the molecule is COC(=O)[C@@H]1CSc2c(-c3cccc(C(F)(F)F)c3)c(CN)cc(=O)n21. The van der Waals surface area contributed by atoms with Gasteiger partial charge in [0.2, 0.25) is 0 Å². The van der Waals surface area contributed by atoms with Gasteiger partial charge in [-0.15, -0.1) is 11.8 Å². The number of benzene rings is 1. The predicted molar refractivity (Wildman–Crippen MR) is 90.8 cm³/mol. The molecule has 1 atom stereocenters. The number of pyridine rings is 1. The number of esters is 1. The summed E-state index contributed by atoms with van der Waals surface area (Å²) in [7, 11) is 1.22. The summed E-state index contributed by atoms with van der Waals surface area (Å²) < 4.78 is 45.2. The Labute approximate surface area is 150 Å². The fourth-order valence-corrected chi connectivity index (χ4v) is 4.30. The Morgan fingerprint density at radius 2 is 2.12 bits per heavy atom. The molecule has 1 aromatic heterocycles. The van der Waals surface area contributed by atoms with Gasteiger partial charge in [0.15, 0.2) is 0 Å². The second-order valence-electron chi connectivity index (χ2n) is 5.69. The average Bonchev–Trinajstić information content (AvgIpc) is 3.05. The van der Waals surface area contributed by atoms with Crippen molar-refractivity contribution in [3.8, 4) is 11.1 Å². The maximum Gasteiger partial charge on any atom is 0.416 e. The van der Waals surface area contributed by atoms with E-state index >= 15 is 0 Å². The Morgan fingerprint density at radius 3 is 2.73 bits per heavy atom. The van der Waals surface area contributed by atoms with E-state index in [1.54, 1.807) is 0 Å². The third kappa shape index (κ3) is 3.12. The first-order valence-electron chi connectivity index (χ1n) is 7.64. The van der Waals surface area contributed by atoms with E-state index in [0.29, 0.717) is 21.7 Å². The zero-order chi connectivity index (χ0) is 19.1. The van der Waals surface area contributed by atoms with E-state index < -0.39 is 29.3 Å². The number of alkyl halides is 3. The van der Waals surface area contributed by atoms with Crippen LogP contribution in [0.2, 0.25) is 0 Å². The molecule has 2 aromatic rings. The van der Waals surface area contributed by atoms with Crippen molar-refractivity contribution < 1.29 is 22.7 Å². The number of halogens is 3. The van der Waals surface area contributed by atoms with Gasteiger partial charge < -0.3 is 10.5 Å². The quantitative estimate of drug-likeness (QED) is 0.824. The van der Waals surface area contributed by atoms with Crippen molar-refractivity contribution in [3.05, 3.63) is 51.8 Å². The molecular weight excluding hydrogens is 369 g/mol. The summed E-state index contributed by atoms with van der Waals surface area (Å²) in [5.41, 5.74) is 5.66. The topological polar surface area (TPSA) is 74.3 Å². The van der Waals surface area contributed by atoms with Crippen LogP contribution in [0, 0.1) is 0 Å². The fraction of sp³-hybridized carbons (Fsp3) is 0.294. The summed E-state index contributed by atoms with van der Waals surface area (Å²) in [4.78, 5) is 24.4. The van der Waals surface area contributed by atoms with Crippen LogP contribution in [0.5, 0.6) is 0 Å². The zero-order valence-corrected chi connectivity index (χ0v) is 14.5. The summed E-state index contributed by atoms with van der Waals surface area (Å²) in [5, 5.41) is 0.424. The molecule has 5 nitrogen and oxygen atoms in total. The van der Waals surface area contributed by atoms with Crippen LogP contribution in [0.1, 0.15) is 17.2 Å². The van der Waals surface area contributed by atoms with Gasteiger partial charge in [0, 0.05) is 23.9 Å². The number of aromatic nitrogens is 1. The van der Waals surface area contributed by atoms with Crippen molar-refractivity contribution in [1.82, 2.24) is 4.57 Å². The second kappa shape index (κ2) is 6.81. The van der Waals surface area contributed by atoms with Crippen LogP contribution in [-0.4, -0.2) is 23.4 Å². The van der Waals surface area contributed by atoms with Crippen molar-refractivity contribution in [2.75, 3.05) is 12.9 Å². The lowest BCUT2D eigenvalue weighted by atomic mass is 9.99. The minimum Gasteiger partial charge on any atom is -0.467 e. The van der Waals surface area contributed by atoms with Gasteiger partial charge in [-0.3, -0.25) is 9.36 Å². The minimum absolute atomic E-state index is 0.0158. The molecule has 138 valence electrons.